The van der Waals surface area contributed by atoms with Crippen LogP contribution in [0.4, 0.5) is 4.39 Å². The summed E-state index contributed by atoms with van der Waals surface area (Å²) in [5, 5.41) is 3.76. The lowest BCUT2D eigenvalue weighted by Crippen LogP contribution is -2.24. The maximum Gasteiger partial charge on any atom is 0.251 e. The molecule has 94 valence electrons. The highest BCUT2D eigenvalue weighted by atomic mass is 79.9. The SMILES string of the molecule is CC(CBr)CCCNC(=O)c1cccc(F)c1. The van der Waals surface area contributed by atoms with Gasteiger partial charge in [-0.25, -0.2) is 4.39 Å². The third-order valence-electron chi connectivity index (χ3n) is 2.51. The molecule has 1 aromatic carbocycles. The summed E-state index contributed by atoms with van der Waals surface area (Å²) >= 11 is 3.41. The lowest BCUT2D eigenvalue weighted by molar-refractivity contribution is 0.0952. The van der Waals surface area contributed by atoms with Crippen molar-refractivity contribution in [2.24, 2.45) is 5.92 Å². The monoisotopic (exact) mass is 301 g/mol. The van der Waals surface area contributed by atoms with E-state index in [1.54, 1.807) is 6.07 Å². The summed E-state index contributed by atoms with van der Waals surface area (Å²) in [4.78, 5) is 11.6. The molecule has 2 nitrogen and oxygen atoms in total. The van der Waals surface area contributed by atoms with Gasteiger partial charge in [0.1, 0.15) is 5.82 Å². The van der Waals surface area contributed by atoms with Crippen LogP contribution in [-0.2, 0) is 0 Å². The van der Waals surface area contributed by atoms with Gasteiger partial charge in [0.25, 0.3) is 5.91 Å². The quantitative estimate of drug-likeness (QED) is 0.633. The van der Waals surface area contributed by atoms with Gasteiger partial charge in [0, 0.05) is 17.4 Å². The first-order valence-electron chi connectivity index (χ1n) is 5.73. The molecule has 0 aliphatic heterocycles. The van der Waals surface area contributed by atoms with E-state index >= 15 is 0 Å². The van der Waals surface area contributed by atoms with Crippen molar-refractivity contribution in [2.45, 2.75) is 19.8 Å². The van der Waals surface area contributed by atoms with E-state index in [4.69, 9.17) is 0 Å². The Morgan fingerprint density at radius 2 is 2.29 bits per heavy atom. The lowest BCUT2D eigenvalue weighted by Gasteiger charge is -2.08. The average Bonchev–Trinajstić information content (AvgIpc) is 2.34. The fourth-order valence-electron chi connectivity index (χ4n) is 1.46. The van der Waals surface area contributed by atoms with E-state index in [0.29, 0.717) is 18.0 Å². The minimum absolute atomic E-state index is 0.212. The molecular formula is C13H17BrFNO. The fourth-order valence-corrected chi connectivity index (χ4v) is 1.79. The second-order valence-corrected chi connectivity index (χ2v) is 4.82. The number of benzene rings is 1. The van der Waals surface area contributed by atoms with Crippen molar-refractivity contribution in [3.8, 4) is 0 Å². The van der Waals surface area contributed by atoms with Gasteiger partial charge in [0.15, 0.2) is 0 Å². The number of carbonyl (C=O) groups excluding carboxylic acids is 1. The van der Waals surface area contributed by atoms with Gasteiger partial charge in [0.05, 0.1) is 0 Å². The number of hydrogen-bond donors (Lipinski definition) is 1. The van der Waals surface area contributed by atoms with E-state index in [9.17, 15) is 9.18 Å². The smallest absolute Gasteiger partial charge is 0.251 e. The molecule has 0 aliphatic rings. The number of nitrogens with one attached hydrogen (secondary N) is 1. The molecule has 1 amide bonds. The largest absolute Gasteiger partial charge is 0.352 e. The van der Waals surface area contributed by atoms with Gasteiger partial charge in [-0.2, -0.15) is 0 Å². The Kier molecular flexibility index (Phi) is 6.19. The molecule has 0 radical (unpaired) electrons. The van der Waals surface area contributed by atoms with Gasteiger partial charge in [-0.1, -0.05) is 28.9 Å². The van der Waals surface area contributed by atoms with Gasteiger partial charge in [-0.05, 0) is 37.0 Å². The van der Waals surface area contributed by atoms with Crippen LogP contribution in [0.2, 0.25) is 0 Å². The Bertz CT molecular complexity index is 370. The summed E-state index contributed by atoms with van der Waals surface area (Å²) in [6, 6.07) is 5.72. The predicted octanol–water partition coefficient (Wildman–Crippen LogP) is 3.37. The average molecular weight is 302 g/mol. The molecule has 0 heterocycles. The summed E-state index contributed by atoms with van der Waals surface area (Å²) in [5.41, 5.74) is 0.374. The first-order chi connectivity index (χ1) is 8.13. The Morgan fingerprint density at radius 3 is 2.94 bits per heavy atom. The zero-order valence-electron chi connectivity index (χ0n) is 9.88. The maximum atomic E-state index is 12.9. The summed E-state index contributed by atoms with van der Waals surface area (Å²) in [5.74, 6) is 0.0163. The zero-order chi connectivity index (χ0) is 12.7. The standard InChI is InChI=1S/C13H17BrFNO/c1-10(9-14)4-3-7-16-13(17)11-5-2-6-12(15)8-11/h2,5-6,8,10H,3-4,7,9H2,1H3,(H,16,17). The molecule has 0 fully saturated rings. The predicted molar refractivity (Wildman–Crippen MR) is 70.9 cm³/mol. The van der Waals surface area contributed by atoms with Crippen molar-refractivity contribution >= 4 is 21.8 Å². The summed E-state index contributed by atoms with van der Waals surface area (Å²) in [7, 11) is 0. The van der Waals surface area contributed by atoms with E-state index in [2.05, 4.69) is 28.2 Å². The van der Waals surface area contributed by atoms with E-state index in [1.165, 1.54) is 18.2 Å². The molecule has 0 bridgehead atoms. The van der Waals surface area contributed by atoms with Crippen LogP contribution in [-0.4, -0.2) is 17.8 Å². The normalized spacial score (nSPS) is 12.2. The Hall–Kier alpha value is -0.900. The van der Waals surface area contributed by atoms with Crippen molar-refractivity contribution in [2.75, 3.05) is 11.9 Å². The third-order valence-corrected chi connectivity index (χ3v) is 3.61. The van der Waals surface area contributed by atoms with Gasteiger partial charge in [-0.15, -0.1) is 0 Å². The van der Waals surface area contributed by atoms with Crippen molar-refractivity contribution in [3.05, 3.63) is 35.6 Å². The summed E-state index contributed by atoms with van der Waals surface area (Å²) in [6.07, 6.45) is 2.00. The van der Waals surface area contributed by atoms with Crippen LogP contribution in [0.3, 0.4) is 0 Å². The van der Waals surface area contributed by atoms with Gasteiger partial charge < -0.3 is 5.32 Å². The van der Waals surface area contributed by atoms with Crippen LogP contribution in [0.25, 0.3) is 0 Å². The van der Waals surface area contributed by atoms with E-state index in [1.807, 2.05) is 0 Å². The lowest BCUT2D eigenvalue weighted by atomic mass is 10.1. The van der Waals surface area contributed by atoms with Crippen LogP contribution in [0.5, 0.6) is 0 Å². The van der Waals surface area contributed by atoms with Crippen LogP contribution >= 0.6 is 15.9 Å². The zero-order valence-corrected chi connectivity index (χ0v) is 11.5. The van der Waals surface area contributed by atoms with Crippen LogP contribution in [0.15, 0.2) is 24.3 Å². The molecule has 1 N–H and O–H groups in total. The number of carbonyl (C=O) groups is 1. The molecule has 1 unspecified atom stereocenters. The van der Waals surface area contributed by atoms with Crippen molar-refractivity contribution in [1.82, 2.24) is 5.32 Å². The van der Waals surface area contributed by atoms with Crippen LogP contribution in [0, 0.1) is 11.7 Å². The fraction of sp³-hybridized carbons (Fsp3) is 0.462. The Labute approximate surface area is 110 Å². The molecule has 1 rings (SSSR count). The minimum Gasteiger partial charge on any atom is -0.352 e. The molecule has 0 aromatic heterocycles. The van der Waals surface area contributed by atoms with E-state index in [0.717, 1.165) is 18.2 Å². The molecule has 0 spiro atoms. The molecule has 0 saturated heterocycles. The highest BCUT2D eigenvalue weighted by Crippen LogP contribution is 2.08. The third kappa shape index (κ3) is 5.31. The van der Waals surface area contributed by atoms with Gasteiger partial charge in [0.2, 0.25) is 0 Å². The minimum atomic E-state index is -0.384. The van der Waals surface area contributed by atoms with Crippen molar-refractivity contribution in [1.29, 1.82) is 0 Å². The highest BCUT2D eigenvalue weighted by molar-refractivity contribution is 9.09. The van der Waals surface area contributed by atoms with E-state index in [-0.39, 0.29) is 11.7 Å². The number of rotatable bonds is 6. The maximum absolute atomic E-state index is 12.9. The topological polar surface area (TPSA) is 29.1 Å². The summed E-state index contributed by atoms with van der Waals surface area (Å²) < 4.78 is 12.9. The second-order valence-electron chi connectivity index (χ2n) is 4.17. The molecule has 1 aromatic rings. The first-order valence-corrected chi connectivity index (χ1v) is 6.85. The van der Waals surface area contributed by atoms with Crippen molar-refractivity contribution in [3.63, 3.8) is 0 Å². The van der Waals surface area contributed by atoms with E-state index < -0.39 is 0 Å². The van der Waals surface area contributed by atoms with Crippen molar-refractivity contribution < 1.29 is 9.18 Å². The molecular weight excluding hydrogens is 285 g/mol. The van der Waals surface area contributed by atoms with Crippen LogP contribution in [0.1, 0.15) is 30.1 Å². The molecule has 0 saturated carbocycles. The van der Waals surface area contributed by atoms with Gasteiger partial charge >= 0.3 is 0 Å². The molecule has 1 atom stereocenters. The molecule has 4 heteroatoms. The Balaban J connectivity index is 2.30. The van der Waals surface area contributed by atoms with Gasteiger partial charge in [-0.3, -0.25) is 4.79 Å². The first kappa shape index (κ1) is 14.2. The number of amides is 1. The molecule has 0 aliphatic carbocycles. The summed E-state index contributed by atoms with van der Waals surface area (Å²) in [6.45, 7) is 2.79. The Morgan fingerprint density at radius 1 is 1.53 bits per heavy atom. The molecule has 17 heavy (non-hydrogen) atoms. The number of halogens is 2. The highest BCUT2D eigenvalue weighted by Gasteiger charge is 2.05. The number of hydrogen-bond acceptors (Lipinski definition) is 1. The van der Waals surface area contributed by atoms with Crippen LogP contribution < -0.4 is 5.32 Å². The number of alkyl halides is 1. The second kappa shape index (κ2) is 7.43.